The summed E-state index contributed by atoms with van der Waals surface area (Å²) in [6, 6.07) is 14.4. The third kappa shape index (κ3) is 16.2. The number of rotatable bonds is 18. The minimum absolute atomic E-state index is 0. The van der Waals surface area contributed by atoms with Crippen molar-refractivity contribution in [3.8, 4) is 0 Å². The number of unbranched alkanes of at least 4 members (excludes halogenated alkanes) is 2. The molecule has 2 saturated carbocycles. The second-order valence-corrected chi connectivity index (χ2v) is 24.5. The fourth-order valence-corrected chi connectivity index (χ4v) is 11.1. The number of Topliss-reactive ketones (excluding diaryl/α,β-unsaturated/α-hetero) is 1. The number of hydrogen-bond acceptors (Lipinski definition) is 21. The van der Waals surface area contributed by atoms with Crippen LogP contribution in [0, 0.1) is 16.7 Å². The van der Waals surface area contributed by atoms with Gasteiger partial charge in [-0.15, -0.1) is 0 Å². The molecule has 22 nitrogen and oxygen atoms in total. The van der Waals surface area contributed by atoms with Crippen LogP contribution >= 0.6 is 18.8 Å². The molecule has 1 aliphatic heterocycles. The van der Waals surface area contributed by atoms with Crippen molar-refractivity contribution in [2.75, 3.05) is 20.8 Å². The number of carboxylic acids is 2. The van der Waals surface area contributed by atoms with Gasteiger partial charge >= 0.3 is 65.3 Å². The van der Waals surface area contributed by atoms with E-state index in [1.165, 1.54) is 33.3 Å². The van der Waals surface area contributed by atoms with E-state index in [1.54, 1.807) is 97.0 Å². The third-order valence-corrected chi connectivity index (χ3v) is 14.8. The van der Waals surface area contributed by atoms with E-state index < -0.39 is 160 Å². The summed E-state index contributed by atoms with van der Waals surface area (Å²) in [6.07, 6.45) is -8.51. The Morgan fingerprint density at radius 2 is 1.45 bits per heavy atom. The molecule has 25 heteroatoms. The summed E-state index contributed by atoms with van der Waals surface area (Å²) in [5, 5.41) is 37.6. The first-order valence-electron chi connectivity index (χ1n) is 25.3. The number of ketones is 1. The average molecular weight is 1350 g/mol. The van der Waals surface area contributed by atoms with Crippen LogP contribution in [0.4, 0.5) is 4.79 Å². The summed E-state index contributed by atoms with van der Waals surface area (Å²) in [5.74, 6) is -8.51. The van der Waals surface area contributed by atoms with E-state index in [2.05, 4.69) is 5.32 Å². The predicted molar refractivity (Wildman–Crippen MR) is 282 cm³/mol. The number of halogens is 2. The Hall–Kier alpha value is -5.03. The molecule has 8 N–H and O–H groups in total. The van der Waals surface area contributed by atoms with E-state index in [0.29, 0.717) is 0 Å². The van der Waals surface area contributed by atoms with Crippen LogP contribution in [-0.4, -0.2) is 127 Å². The van der Waals surface area contributed by atoms with Crippen LogP contribution < -0.4 is 27.8 Å². The molecule has 2 bridgehead atoms. The van der Waals surface area contributed by atoms with Crippen LogP contribution in [0.15, 0.2) is 71.8 Å². The van der Waals surface area contributed by atoms with E-state index in [9.17, 15) is 48.9 Å². The summed E-state index contributed by atoms with van der Waals surface area (Å²) in [5.41, 5.74) is -7.55. The Morgan fingerprint density at radius 1 is 0.875 bits per heavy atom. The average Bonchev–Trinajstić information content (AvgIpc) is 3.36. The topological polar surface area (TPSA) is 359 Å². The van der Waals surface area contributed by atoms with E-state index in [1.807, 2.05) is 6.92 Å². The monoisotopic (exact) mass is 1350 g/mol. The first-order valence-corrected chi connectivity index (χ1v) is 30.9. The second-order valence-electron chi connectivity index (χ2n) is 21.2. The number of amides is 1. The Labute approximate surface area is 483 Å². The number of carboxylic acid groups (broad SMARTS) is 2. The molecule has 1 heterocycles. The van der Waals surface area contributed by atoms with Gasteiger partial charge in [-0.25, -0.2) is 14.4 Å². The van der Waals surface area contributed by atoms with Gasteiger partial charge in [0.05, 0.1) is 36.0 Å². The van der Waals surface area contributed by atoms with Gasteiger partial charge in [-0.3, -0.25) is 14.4 Å². The molecule has 3 fully saturated rings. The molecule has 1 saturated heterocycles. The second kappa shape index (κ2) is 30.3. The fraction of sp³-hybridized carbons (Fsp3) is 0.600. The van der Waals surface area contributed by atoms with Crippen molar-refractivity contribution in [1.29, 1.82) is 0 Å². The van der Waals surface area contributed by atoms with Gasteiger partial charge in [0.25, 0.3) is 0 Å². The number of aliphatic carboxylic acids is 2. The number of nitrogens with one attached hydrogen (secondary N) is 1. The van der Waals surface area contributed by atoms with Gasteiger partial charge in [-0.05, 0) is 82.7 Å². The van der Waals surface area contributed by atoms with E-state index in [0.717, 1.165) is 19.3 Å². The number of fused-ring (bicyclic) bond motifs is 5. The van der Waals surface area contributed by atoms with Crippen molar-refractivity contribution >= 4 is 66.5 Å². The molecule has 6 rings (SSSR count). The van der Waals surface area contributed by atoms with Crippen molar-refractivity contribution in [1.82, 2.24) is 17.6 Å². The zero-order valence-electron chi connectivity index (χ0n) is 47.0. The van der Waals surface area contributed by atoms with Crippen LogP contribution in [0.5, 0.6) is 0 Å². The number of aliphatic hydroxyl groups is 1. The quantitative estimate of drug-likeness (QED) is 0.0604. The molecule has 4 aliphatic rings. The fourth-order valence-electron chi connectivity index (χ4n) is 11.1. The molecule has 0 spiro atoms. The minimum atomic E-state index is -2.34. The normalized spacial score (nSPS) is 26.8. The first kappa shape index (κ1) is 71.1. The maximum absolute atomic E-state index is 15.7. The number of alkyl carbamates (subject to hydrolysis) is 1. The standard InChI is InChI=1S/C49H61NO17.C6H12O2.2ClH.2H3N.Pt/c1-26-30(63-43(57)38(64-34(54)22-21-33(52)53)36(28-17-13-11-14-18-28)50-44(58)67-45(3,4)5)24-49(59)41(65-42(56)29-19-15-12-16-20-29)39-47(8,40(55)37(61-10)35(26)46(49,6)7)31(60-9)23-32-48(39,25-62-32)66-27(2)51;1-2-3-4-5-6(7)8;;;;;/h11-20,30-32,36-39,41,59H,21-25H2,1-10H3,(H,50,58)(H,52,53);2-5H2,1H3,(H,7,8);2*1H;2*1H3;/q;;;;;;+4/p-4/t30-,31-,32+,36-,37+,38+,39-,41-,47+,48-,49+;;;;;;/m0....../s1. The summed E-state index contributed by atoms with van der Waals surface area (Å²) in [6.45, 7) is 14.3. The van der Waals surface area contributed by atoms with Gasteiger partial charge in [0.1, 0.15) is 41.7 Å². The molecule has 11 atom stereocenters. The number of carbonyl (C=O) groups is 8. The molecule has 3 aliphatic carbocycles. The maximum atomic E-state index is 15.7. The predicted octanol–water partition coefficient (Wildman–Crippen LogP) is 5.67. The van der Waals surface area contributed by atoms with Gasteiger partial charge in [-0.2, -0.15) is 0 Å². The number of carbonyl (C=O) groups excluding carboxylic acids is 8. The number of hydrogen-bond donors (Lipinski definition) is 4. The SMILES string of the molecule is CCCCCC(=O)[O-].CO[C@H]1C(=O)[C@]2(C)[C@@H](OC)C[C@H]3OC[C@@]3(OC(C)=O)[C@H]2[C@H](OC(=O)c2ccccc2)[C@]2(O)C[C@H](OC(=O)[C@H](OC(=O)CCC(=O)[O-])[C@@H](NC(=O)OC(C)(C)C)c3ccccc3)C(C)=C1C2(C)C.N.N.[Cl][Pt+2][Cl]. The van der Waals surface area contributed by atoms with E-state index in [4.69, 9.17) is 56.7 Å². The van der Waals surface area contributed by atoms with Gasteiger partial charge in [0.2, 0.25) is 6.10 Å². The van der Waals surface area contributed by atoms with Gasteiger partial charge in [-0.1, -0.05) is 82.1 Å². The molecule has 0 aromatic heterocycles. The number of benzene rings is 2. The number of ether oxygens (including phenoxy) is 8. The molecular weight excluding hydrogens is 1270 g/mol. The Morgan fingerprint density at radius 3 is 1.94 bits per heavy atom. The van der Waals surface area contributed by atoms with Crippen LogP contribution in [0.2, 0.25) is 0 Å². The first-order chi connectivity index (χ1) is 36.5. The summed E-state index contributed by atoms with van der Waals surface area (Å²) in [4.78, 5) is 106. The van der Waals surface area contributed by atoms with Gasteiger partial charge in [0, 0.05) is 51.3 Å². The zero-order chi connectivity index (χ0) is 58.6. The molecule has 2 aromatic rings. The Bertz CT molecular complexity index is 2500. The van der Waals surface area contributed by atoms with Crippen molar-refractivity contribution in [2.24, 2.45) is 16.7 Å². The van der Waals surface area contributed by atoms with E-state index >= 15 is 4.79 Å². The summed E-state index contributed by atoms with van der Waals surface area (Å²) >= 11 is -0.472. The number of esters is 4. The molecule has 2 aromatic carbocycles. The van der Waals surface area contributed by atoms with Crippen LogP contribution in [0.1, 0.15) is 136 Å². The third-order valence-electron chi connectivity index (χ3n) is 14.8. The van der Waals surface area contributed by atoms with Crippen molar-refractivity contribution in [3.63, 3.8) is 0 Å². The van der Waals surface area contributed by atoms with Gasteiger partial charge in [0.15, 0.2) is 11.4 Å². The Balaban J connectivity index is 0.00000153. The van der Waals surface area contributed by atoms with Crippen molar-refractivity contribution in [2.45, 2.75) is 173 Å². The molecule has 0 unspecified atom stereocenters. The molecule has 1 amide bonds. The molecular formula is C55H77Cl2N3O19Pt. The van der Waals surface area contributed by atoms with Crippen LogP contribution in [-0.2, 0) is 83.1 Å². The van der Waals surface area contributed by atoms with E-state index in [-0.39, 0.29) is 54.0 Å². The molecule has 80 heavy (non-hydrogen) atoms. The number of methoxy groups -OCH3 is 2. The zero-order valence-corrected chi connectivity index (χ0v) is 50.8. The molecule has 450 valence electrons. The van der Waals surface area contributed by atoms with Crippen LogP contribution in [0.25, 0.3) is 0 Å². The molecule has 0 radical (unpaired) electrons. The summed E-state index contributed by atoms with van der Waals surface area (Å²) in [7, 11) is 12.5. The summed E-state index contributed by atoms with van der Waals surface area (Å²) < 4.78 is 48.4. The van der Waals surface area contributed by atoms with Gasteiger partial charge < -0.3 is 80.4 Å². The van der Waals surface area contributed by atoms with Crippen molar-refractivity contribution in [3.05, 3.63) is 82.9 Å². The Kier molecular flexibility index (Phi) is 26.9. The van der Waals surface area contributed by atoms with Crippen molar-refractivity contribution < 1.29 is 108 Å². The van der Waals surface area contributed by atoms with Crippen LogP contribution in [0.3, 0.4) is 0 Å².